The minimum Gasteiger partial charge on any atom is -0.492 e. The number of fused-ring (bicyclic) bond motifs is 9. The second-order valence-electron chi connectivity index (χ2n) is 8.89. The molecule has 2 aromatic rings. The zero-order valence-electron chi connectivity index (χ0n) is 19.3. The van der Waals surface area contributed by atoms with Crippen molar-refractivity contribution in [1.82, 2.24) is 20.5 Å². The molecule has 11 nitrogen and oxygen atoms in total. The Labute approximate surface area is 207 Å². The minimum atomic E-state index is -0.254. The number of nitrogens with zero attached hydrogens (tertiary/aromatic N) is 3. The van der Waals surface area contributed by atoms with Crippen LogP contribution in [0.3, 0.4) is 0 Å². The highest BCUT2D eigenvalue weighted by Gasteiger charge is 2.54. The van der Waals surface area contributed by atoms with Gasteiger partial charge in [-0.1, -0.05) is 0 Å². The molecule has 5 aliphatic rings. The van der Waals surface area contributed by atoms with Gasteiger partial charge in [-0.2, -0.15) is 5.01 Å². The molecule has 0 bridgehead atoms. The van der Waals surface area contributed by atoms with Crippen LogP contribution in [0.2, 0.25) is 0 Å². The maximum Gasteiger partial charge on any atom is 0.231 e. The predicted octanol–water partition coefficient (Wildman–Crippen LogP) is 1.55. The summed E-state index contributed by atoms with van der Waals surface area (Å²) in [6.07, 6.45) is 1.15. The Balaban J connectivity index is 1.43. The van der Waals surface area contributed by atoms with Gasteiger partial charge in [0.2, 0.25) is 25.1 Å². The van der Waals surface area contributed by atoms with Crippen LogP contribution in [0.1, 0.15) is 34.6 Å². The zero-order valence-corrected chi connectivity index (χ0v) is 20.1. The summed E-state index contributed by atoms with van der Waals surface area (Å²) in [5, 5.41) is 6.94. The summed E-state index contributed by atoms with van der Waals surface area (Å²) in [6, 6.07) is 4.11. The Hall–Kier alpha value is -3.19. The first kappa shape index (κ1) is 21.1. The number of nitrogens with one attached hydrogen (secondary N) is 1. The van der Waals surface area contributed by atoms with Gasteiger partial charge in [0.25, 0.3) is 0 Å². The van der Waals surface area contributed by atoms with E-state index >= 15 is 0 Å². The summed E-state index contributed by atoms with van der Waals surface area (Å²) in [4.78, 5) is 0. The lowest BCUT2D eigenvalue weighted by Crippen LogP contribution is -2.48. The average Bonchev–Trinajstić information content (AvgIpc) is 3.58. The summed E-state index contributed by atoms with van der Waals surface area (Å²) < 4.78 is 34.8. The van der Waals surface area contributed by atoms with Crippen molar-refractivity contribution >= 4 is 17.3 Å². The van der Waals surface area contributed by atoms with Crippen LogP contribution >= 0.6 is 12.2 Å². The van der Waals surface area contributed by atoms with Crippen LogP contribution in [0.25, 0.3) is 0 Å². The number of hydrazine groups is 2. The fourth-order valence-corrected chi connectivity index (χ4v) is 6.14. The van der Waals surface area contributed by atoms with Gasteiger partial charge in [-0.05, 0) is 48.3 Å². The van der Waals surface area contributed by atoms with E-state index in [-0.39, 0.29) is 31.0 Å². The van der Waals surface area contributed by atoms with Gasteiger partial charge in [0, 0.05) is 24.2 Å². The molecule has 0 spiro atoms. The monoisotopic (exact) mass is 499 g/mol. The molecular weight excluding hydrogens is 474 g/mol. The molecule has 2 aromatic carbocycles. The Morgan fingerprint density at radius 1 is 0.886 bits per heavy atom. The van der Waals surface area contributed by atoms with E-state index in [1.54, 1.807) is 14.2 Å². The van der Waals surface area contributed by atoms with Crippen molar-refractivity contribution in [3.63, 3.8) is 0 Å². The van der Waals surface area contributed by atoms with Crippen LogP contribution in [0.5, 0.6) is 34.5 Å². The van der Waals surface area contributed by atoms with E-state index in [2.05, 4.69) is 32.6 Å². The summed E-state index contributed by atoms with van der Waals surface area (Å²) >= 11 is 5.33. The van der Waals surface area contributed by atoms with Crippen LogP contribution < -0.4 is 39.6 Å². The fraction of sp³-hybridized carbons (Fsp3) is 0.435. The highest BCUT2D eigenvalue weighted by atomic mass is 32.1. The average molecular weight is 500 g/mol. The Morgan fingerprint density at radius 3 is 1.80 bits per heavy atom. The third-order valence-corrected chi connectivity index (χ3v) is 7.38. The van der Waals surface area contributed by atoms with E-state index < -0.39 is 0 Å². The summed E-state index contributed by atoms with van der Waals surface area (Å²) in [5.74, 6) is 3.98. The van der Waals surface area contributed by atoms with Gasteiger partial charge < -0.3 is 34.2 Å². The van der Waals surface area contributed by atoms with E-state index in [4.69, 9.17) is 46.4 Å². The van der Waals surface area contributed by atoms with Crippen molar-refractivity contribution in [2.45, 2.75) is 25.2 Å². The molecule has 0 aromatic heterocycles. The minimum absolute atomic E-state index is 0.171. The van der Waals surface area contributed by atoms with Gasteiger partial charge >= 0.3 is 0 Å². The summed E-state index contributed by atoms with van der Waals surface area (Å²) in [7, 11) is 3.31. The van der Waals surface area contributed by atoms with Crippen molar-refractivity contribution < 1.29 is 28.4 Å². The highest BCUT2D eigenvalue weighted by Crippen LogP contribution is 2.58. The standard InChI is InChI=1S/C23H25N5O6S/c1-29-19-15-11(7-13-17(19)33-9-31-13)3-5-26-21(15)28(25-23(24)35)22-16-12(4-6-27(22)26)8-14-18(20(16)30-2)34-10-32-14/h7-8,21-22H,3-6,9-10H2,1-2H3,(H3,24,25,35)/t21-,22-/m0/s1. The van der Waals surface area contributed by atoms with Gasteiger partial charge in [-0.3, -0.25) is 5.43 Å². The molecule has 35 heavy (non-hydrogen) atoms. The predicted molar refractivity (Wildman–Crippen MR) is 126 cm³/mol. The summed E-state index contributed by atoms with van der Waals surface area (Å²) in [5.41, 5.74) is 13.6. The largest absolute Gasteiger partial charge is 0.492 e. The lowest BCUT2D eigenvalue weighted by Gasteiger charge is -2.39. The normalized spacial score (nSPS) is 23.8. The summed E-state index contributed by atoms with van der Waals surface area (Å²) in [6.45, 7) is 1.94. The van der Waals surface area contributed by atoms with Gasteiger partial charge in [0.1, 0.15) is 12.3 Å². The van der Waals surface area contributed by atoms with Crippen molar-refractivity contribution in [2.24, 2.45) is 5.73 Å². The zero-order chi connectivity index (χ0) is 23.8. The Bertz CT molecular complexity index is 1170. The van der Waals surface area contributed by atoms with E-state index in [1.807, 2.05) is 0 Å². The SMILES string of the molecule is COc1c2c(cc3c1[C@@H]1N(NC(N)=S)[C@H]4c5c(cc6c(c5OC)OCO6)CCN4N1CC3)OCO2. The van der Waals surface area contributed by atoms with Crippen molar-refractivity contribution in [3.05, 3.63) is 34.4 Å². The van der Waals surface area contributed by atoms with Crippen LogP contribution in [0, 0.1) is 0 Å². The molecule has 0 amide bonds. The second-order valence-corrected chi connectivity index (χ2v) is 9.33. The molecule has 1 saturated heterocycles. The molecule has 7 rings (SSSR count). The molecule has 0 radical (unpaired) electrons. The maximum absolute atomic E-state index is 6.07. The molecule has 2 atom stereocenters. The number of rotatable bonds is 3. The van der Waals surface area contributed by atoms with Crippen molar-refractivity contribution in [3.8, 4) is 34.5 Å². The van der Waals surface area contributed by atoms with Crippen LogP contribution in [0.4, 0.5) is 0 Å². The Morgan fingerprint density at radius 2 is 1.37 bits per heavy atom. The molecule has 0 saturated carbocycles. The Kier molecular flexibility index (Phi) is 4.62. The third-order valence-electron chi connectivity index (χ3n) is 7.29. The highest BCUT2D eigenvalue weighted by molar-refractivity contribution is 7.80. The molecule has 0 unspecified atom stereocenters. The number of benzene rings is 2. The van der Waals surface area contributed by atoms with Crippen molar-refractivity contribution in [2.75, 3.05) is 40.9 Å². The molecule has 0 aliphatic carbocycles. The maximum atomic E-state index is 6.07. The number of thiocarbonyl (C=S) groups is 1. The number of hydrogen-bond donors (Lipinski definition) is 2. The lowest BCUT2D eigenvalue weighted by molar-refractivity contribution is -0.0374. The van der Waals surface area contributed by atoms with E-state index in [1.165, 1.54) is 0 Å². The second kappa shape index (κ2) is 7.65. The fourth-order valence-electron chi connectivity index (χ4n) is 6.04. The van der Waals surface area contributed by atoms with E-state index in [0.717, 1.165) is 48.2 Å². The first-order chi connectivity index (χ1) is 17.1. The molecular formula is C23H25N5O6S. The van der Waals surface area contributed by atoms with E-state index in [0.29, 0.717) is 34.5 Å². The topological polar surface area (TPSA) is 103 Å². The number of ether oxygens (including phenoxy) is 6. The van der Waals surface area contributed by atoms with E-state index in [9.17, 15) is 0 Å². The molecule has 184 valence electrons. The van der Waals surface area contributed by atoms with Crippen molar-refractivity contribution in [1.29, 1.82) is 0 Å². The molecule has 12 heteroatoms. The van der Waals surface area contributed by atoms with Crippen LogP contribution in [0.15, 0.2) is 12.1 Å². The number of methoxy groups -OCH3 is 2. The molecule has 5 heterocycles. The van der Waals surface area contributed by atoms with Gasteiger partial charge in [0.15, 0.2) is 28.1 Å². The quantitative estimate of drug-likeness (QED) is 0.599. The molecule has 1 fully saturated rings. The van der Waals surface area contributed by atoms with Gasteiger partial charge in [0.05, 0.1) is 14.2 Å². The number of hydrogen-bond acceptors (Lipinski definition) is 10. The lowest BCUT2D eigenvalue weighted by atomic mass is 9.94. The van der Waals surface area contributed by atoms with Gasteiger partial charge in [-0.25, -0.2) is 10.0 Å². The van der Waals surface area contributed by atoms with Gasteiger partial charge in [-0.15, -0.1) is 0 Å². The molecule has 5 aliphatic heterocycles. The smallest absolute Gasteiger partial charge is 0.231 e. The van der Waals surface area contributed by atoms with Crippen LogP contribution in [-0.2, 0) is 12.8 Å². The first-order valence-corrected chi connectivity index (χ1v) is 11.9. The number of nitrogens with two attached hydrogens (primary N) is 1. The third kappa shape index (κ3) is 2.84. The first-order valence-electron chi connectivity index (χ1n) is 11.5. The van der Waals surface area contributed by atoms with Crippen LogP contribution in [-0.4, -0.2) is 61.0 Å². The molecule has 3 N–H and O–H groups in total.